The van der Waals surface area contributed by atoms with Gasteiger partial charge in [0.1, 0.15) is 5.82 Å². The number of thioether (sulfide) groups is 1. The number of hydrogen-bond acceptors (Lipinski definition) is 7. The molecule has 1 aromatic heterocycles. The molecule has 2 N–H and O–H groups in total. The van der Waals surface area contributed by atoms with Crippen molar-refractivity contribution in [2.75, 3.05) is 39.5 Å². The molecule has 7 nitrogen and oxygen atoms in total. The summed E-state index contributed by atoms with van der Waals surface area (Å²) in [4.78, 5) is 19.5. The Morgan fingerprint density at radius 2 is 2.10 bits per heavy atom. The van der Waals surface area contributed by atoms with Crippen LogP contribution in [0.25, 0.3) is 0 Å². The molecule has 10 heteroatoms. The van der Waals surface area contributed by atoms with Crippen LogP contribution in [-0.2, 0) is 12.3 Å². The summed E-state index contributed by atoms with van der Waals surface area (Å²) >= 11 is 3.58. The van der Waals surface area contributed by atoms with E-state index in [1.807, 2.05) is 11.3 Å². The number of benzene rings is 1. The molecule has 1 heterocycles. The second kappa shape index (κ2) is 12.7. The summed E-state index contributed by atoms with van der Waals surface area (Å²) in [7, 11) is 4.12. The van der Waals surface area contributed by atoms with E-state index in [1.165, 1.54) is 39.6 Å². The van der Waals surface area contributed by atoms with Gasteiger partial charge in [-0.1, -0.05) is 12.1 Å². The third-order valence-corrected chi connectivity index (χ3v) is 6.75. The Labute approximate surface area is 190 Å². The fraction of sp³-hybridized carbons (Fsp3) is 0.476. The molecule has 2 rings (SSSR count). The number of halogens is 1. The molecule has 0 amide bonds. The van der Waals surface area contributed by atoms with Gasteiger partial charge in [0.25, 0.3) is 6.54 Å². The van der Waals surface area contributed by atoms with E-state index >= 15 is 0 Å². The Morgan fingerprint density at radius 3 is 2.74 bits per heavy atom. The minimum Gasteiger partial charge on any atom is -0.386 e. The predicted octanol–water partition coefficient (Wildman–Crippen LogP) is 3.49. The lowest BCUT2D eigenvalue weighted by Crippen LogP contribution is -2.32. The number of nitrogens with zero attached hydrogens (tertiary/aromatic N) is 3. The third-order valence-electron chi connectivity index (χ3n) is 4.34. The van der Waals surface area contributed by atoms with E-state index in [1.54, 1.807) is 11.8 Å². The maximum atomic E-state index is 13.0. The first-order valence-corrected chi connectivity index (χ1v) is 11.8. The molecular weight excluding hydrogens is 439 g/mol. The van der Waals surface area contributed by atoms with Crippen molar-refractivity contribution in [3.8, 4) is 0 Å². The highest BCUT2D eigenvalue weighted by molar-refractivity contribution is 7.98. The molecule has 170 valence electrons. The Balaban J connectivity index is 1.80. The Morgan fingerprint density at radius 1 is 1.39 bits per heavy atom. The van der Waals surface area contributed by atoms with Crippen molar-refractivity contribution >= 4 is 28.9 Å². The van der Waals surface area contributed by atoms with Gasteiger partial charge in [0.2, 0.25) is 0 Å². The van der Waals surface area contributed by atoms with E-state index in [4.69, 9.17) is 0 Å². The van der Waals surface area contributed by atoms with Crippen molar-refractivity contribution in [1.29, 1.82) is 0 Å². The average molecular weight is 469 g/mol. The lowest BCUT2D eigenvalue weighted by molar-refractivity contribution is -0.463. The SMILES string of the molecule is Cc1cc(CSCCNC(C[N+](=O)[O-])=NCC(O)c2ccc(F)cc2)sc1CN(C)C. The van der Waals surface area contributed by atoms with Crippen LogP contribution >= 0.6 is 23.1 Å². The normalized spacial score (nSPS) is 12.9. The number of nitrogens with one attached hydrogen (secondary N) is 1. The Hall–Kier alpha value is -2.01. The van der Waals surface area contributed by atoms with Gasteiger partial charge < -0.3 is 15.3 Å². The Kier molecular flexibility index (Phi) is 10.4. The van der Waals surface area contributed by atoms with Crippen LogP contribution in [-0.4, -0.2) is 60.2 Å². The number of aryl methyl sites for hydroxylation is 1. The third kappa shape index (κ3) is 9.34. The van der Waals surface area contributed by atoms with Crippen LogP contribution in [0.2, 0.25) is 0 Å². The van der Waals surface area contributed by atoms with Crippen molar-refractivity contribution in [2.24, 2.45) is 4.99 Å². The molecular formula is C21H29FN4O3S2. The van der Waals surface area contributed by atoms with E-state index < -0.39 is 17.6 Å². The maximum absolute atomic E-state index is 13.0. The quantitative estimate of drug-likeness (QED) is 0.163. The zero-order valence-corrected chi connectivity index (χ0v) is 19.6. The van der Waals surface area contributed by atoms with Crippen molar-refractivity contribution < 1.29 is 14.4 Å². The first-order valence-electron chi connectivity index (χ1n) is 9.87. The fourth-order valence-electron chi connectivity index (χ4n) is 2.82. The monoisotopic (exact) mass is 468 g/mol. The molecule has 0 saturated carbocycles. The molecule has 0 saturated heterocycles. The Bertz CT molecular complexity index is 872. The molecule has 2 aromatic rings. The van der Waals surface area contributed by atoms with Crippen molar-refractivity contribution in [3.05, 3.63) is 67.1 Å². The summed E-state index contributed by atoms with van der Waals surface area (Å²) in [6, 6.07) is 7.69. The molecule has 1 unspecified atom stereocenters. The lowest BCUT2D eigenvalue weighted by Gasteiger charge is -2.10. The molecule has 31 heavy (non-hydrogen) atoms. The smallest absolute Gasteiger partial charge is 0.259 e. The summed E-state index contributed by atoms with van der Waals surface area (Å²) in [5, 5.41) is 24.1. The first kappa shape index (κ1) is 25.3. The number of hydrogen-bond donors (Lipinski definition) is 2. The predicted molar refractivity (Wildman–Crippen MR) is 126 cm³/mol. The second-order valence-electron chi connectivity index (χ2n) is 7.38. The van der Waals surface area contributed by atoms with Crippen LogP contribution in [0, 0.1) is 22.9 Å². The number of amidine groups is 1. The van der Waals surface area contributed by atoms with E-state index in [9.17, 15) is 19.6 Å². The summed E-state index contributed by atoms with van der Waals surface area (Å²) in [6.45, 7) is 3.15. The first-order chi connectivity index (χ1) is 14.7. The fourth-order valence-corrected chi connectivity index (χ4v) is 5.07. The van der Waals surface area contributed by atoms with Crippen molar-refractivity contribution in [2.45, 2.75) is 25.3 Å². The van der Waals surface area contributed by atoms with Crippen molar-refractivity contribution in [1.82, 2.24) is 10.2 Å². The summed E-state index contributed by atoms with van der Waals surface area (Å²) in [6.07, 6.45) is -0.947. The van der Waals surface area contributed by atoms with E-state index in [0.717, 1.165) is 18.1 Å². The largest absolute Gasteiger partial charge is 0.386 e. The van der Waals surface area contributed by atoms with E-state index in [-0.39, 0.29) is 18.2 Å². The average Bonchev–Trinajstić information content (AvgIpc) is 3.04. The number of rotatable bonds is 12. The highest BCUT2D eigenvalue weighted by Crippen LogP contribution is 2.26. The highest BCUT2D eigenvalue weighted by Gasteiger charge is 2.11. The van der Waals surface area contributed by atoms with Crippen LogP contribution < -0.4 is 5.32 Å². The second-order valence-corrected chi connectivity index (χ2v) is 9.71. The van der Waals surface area contributed by atoms with Gasteiger partial charge >= 0.3 is 0 Å². The molecule has 0 fully saturated rings. The van der Waals surface area contributed by atoms with E-state index in [2.05, 4.69) is 42.3 Å². The zero-order chi connectivity index (χ0) is 22.8. The molecule has 0 radical (unpaired) electrons. The van der Waals surface area contributed by atoms with Gasteiger partial charge in [-0.25, -0.2) is 4.39 Å². The van der Waals surface area contributed by atoms with Gasteiger partial charge in [0, 0.05) is 39.3 Å². The van der Waals surface area contributed by atoms with Gasteiger partial charge in [0.15, 0.2) is 5.84 Å². The van der Waals surface area contributed by atoms with Gasteiger partial charge in [-0.05, 0) is 50.3 Å². The van der Waals surface area contributed by atoms with Crippen LogP contribution in [0.3, 0.4) is 0 Å². The molecule has 1 aromatic carbocycles. The number of nitro groups is 1. The number of aliphatic imine (C=N–C) groups is 1. The minimum absolute atomic E-state index is 0.0297. The minimum atomic E-state index is -0.947. The van der Waals surface area contributed by atoms with Crippen LogP contribution in [0.4, 0.5) is 4.39 Å². The molecule has 0 aliphatic rings. The molecule has 0 aliphatic heterocycles. The van der Waals surface area contributed by atoms with Gasteiger partial charge in [-0.15, -0.1) is 11.3 Å². The van der Waals surface area contributed by atoms with Crippen LogP contribution in [0.1, 0.15) is 27.0 Å². The lowest BCUT2D eigenvalue weighted by atomic mass is 10.1. The van der Waals surface area contributed by atoms with E-state index in [0.29, 0.717) is 12.1 Å². The standard InChI is InChI=1S/C21H29FN4O3S2/c1-15-10-18(31-20(15)12-25(2)3)14-30-9-8-23-21(13-26(28)29)24-11-19(27)16-4-6-17(22)7-5-16/h4-7,10,19,27H,8-9,11-14H2,1-3H3,(H,23,24). The summed E-state index contributed by atoms with van der Waals surface area (Å²) in [5.41, 5.74) is 1.83. The van der Waals surface area contributed by atoms with Crippen LogP contribution in [0.5, 0.6) is 0 Å². The van der Waals surface area contributed by atoms with Crippen molar-refractivity contribution in [3.63, 3.8) is 0 Å². The maximum Gasteiger partial charge on any atom is 0.259 e. The molecule has 0 spiro atoms. The number of aliphatic hydroxyl groups excluding tert-OH is 1. The summed E-state index contributed by atoms with van der Waals surface area (Å²) < 4.78 is 13.0. The van der Waals surface area contributed by atoms with Gasteiger partial charge in [0.05, 0.1) is 12.6 Å². The molecule has 0 bridgehead atoms. The van der Waals surface area contributed by atoms with Gasteiger partial charge in [-0.2, -0.15) is 11.8 Å². The molecule has 0 aliphatic carbocycles. The number of aliphatic hydroxyl groups is 1. The molecule has 1 atom stereocenters. The highest BCUT2D eigenvalue weighted by atomic mass is 32.2. The van der Waals surface area contributed by atoms with Gasteiger partial charge in [-0.3, -0.25) is 15.1 Å². The summed E-state index contributed by atoms with van der Waals surface area (Å²) in [5.74, 6) is 1.51. The zero-order valence-electron chi connectivity index (χ0n) is 18.0. The van der Waals surface area contributed by atoms with Crippen LogP contribution in [0.15, 0.2) is 35.3 Å². The number of thiophene rings is 1. The topological polar surface area (TPSA) is 91.0 Å².